The maximum atomic E-state index is 11.4. The van der Waals surface area contributed by atoms with Crippen molar-refractivity contribution < 1.29 is 44.0 Å². The van der Waals surface area contributed by atoms with E-state index in [-0.39, 0.29) is 46.0 Å². The minimum Gasteiger partial charge on any atom is -0.463 e. The Labute approximate surface area is 652 Å². The smallest absolute Gasteiger partial charge is 0.330 e. The molecule has 0 fully saturated rings. The van der Waals surface area contributed by atoms with Crippen LogP contribution in [0, 0.1) is 0 Å². The molecule has 9 rings (SSSR count). The number of nitrogens with two attached hydrogens (primary N) is 1. The van der Waals surface area contributed by atoms with Crippen LogP contribution in [0.2, 0.25) is 0 Å². The highest BCUT2D eigenvalue weighted by Crippen LogP contribution is 2.27. The zero-order chi connectivity index (χ0) is 78.9. The molecule has 22 heteroatoms. The molecule has 8 N–H and O–H groups in total. The first kappa shape index (κ1) is 97.5. The van der Waals surface area contributed by atoms with E-state index in [0.717, 1.165) is 143 Å². The molecule has 0 radical (unpaired) electrons. The van der Waals surface area contributed by atoms with E-state index in [0.29, 0.717) is 59.1 Å². The van der Waals surface area contributed by atoms with Crippen molar-refractivity contribution in [2.45, 2.75) is 170 Å². The van der Waals surface area contributed by atoms with Gasteiger partial charge >= 0.3 is 17.9 Å². The molecule has 3 heterocycles. The molecule has 6 aromatic carbocycles. The molecule has 0 bridgehead atoms. The second kappa shape index (κ2) is 56.7. The summed E-state index contributed by atoms with van der Waals surface area (Å²) >= 11 is 0. The van der Waals surface area contributed by atoms with Gasteiger partial charge in [0.2, 0.25) is 0 Å². The minimum atomic E-state index is -0.340. The Morgan fingerprint density at radius 2 is 0.624 bits per heavy atom. The first-order valence-electron chi connectivity index (χ1n) is 38.2. The Hall–Kier alpha value is -9.52. The van der Waals surface area contributed by atoms with E-state index in [1.165, 1.54) is 40.7 Å². The average molecular weight is 1510 g/mol. The van der Waals surface area contributed by atoms with Crippen LogP contribution < -0.4 is 36.5 Å². The number of fused-ring (bicyclic) bond motifs is 3. The van der Waals surface area contributed by atoms with Crippen molar-refractivity contribution in [1.29, 1.82) is 0 Å². The van der Waals surface area contributed by atoms with Crippen molar-refractivity contribution in [1.82, 2.24) is 44.6 Å². The molecule has 3 aromatic heterocycles. The van der Waals surface area contributed by atoms with Gasteiger partial charge in [0, 0.05) is 115 Å². The van der Waals surface area contributed by atoms with E-state index in [1.54, 1.807) is 39.0 Å². The van der Waals surface area contributed by atoms with Crippen LogP contribution >= 0.6 is 0 Å². The highest BCUT2D eigenvalue weighted by molar-refractivity contribution is 5.88. The lowest BCUT2D eigenvalue weighted by Crippen LogP contribution is -2.29. The van der Waals surface area contributed by atoms with E-state index in [2.05, 4.69) is 148 Å². The van der Waals surface area contributed by atoms with Gasteiger partial charge in [0.05, 0.1) is 85.8 Å². The van der Waals surface area contributed by atoms with Crippen molar-refractivity contribution in [2.24, 2.45) is 27.0 Å². The molecule has 22 nitrogen and oxygen atoms in total. The molecule has 0 aliphatic rings. The van der Waals surface area contributed by atoms with Crippen LogP contribution in [0.4, 0.5) is 17.1 Å². The number of aliphatic hydroxyl groups excluding tert-OH is 2. The number of nitrogens with one attached hydrogen (secondary N) is 3. The fourth-order valence-corrected chi connectivity index (χ4v) is 11.5. The molecule has 9 aromatic rings. The van der Waals surface area contributed by atoms with Gasteiger partial charge in [-0.1, -0.05) is 157 Å². The number of hydrogen-bond donors (Lipinski definition) is 7. The fraction of sp³-hybridized carbons (Fsp3) is 0.448. The summed E-state index contributed by atoms with van der Waals surface area (Å²) in [7, 11) is 6.15. The third kappa shape index (κ3) is 32.7. The van der Waals surface area contributed by atoms with Crippen LogP contribution in [0.3, 0.4) is 0 Å². The SMILES string of the molecule is C.C.CC.CC.CC.CCCN(CCC)c1ccc2c(c1)nc(CNCc1ccc(/C=C/C(=O)OCC)cc1)n2C.CCCN(CCC)c1ccc2c(c1)nc(CNCc1ccc(/C=C/C(=O)OCC)cc1)n2C.CCOC(=O)/C=C/c1ccc(CNCc2nc3cc(N(CCO)CCO)ccc3n2C)cc1.NO. The molecular formula is C87H133N13O9. The lowest BCUT2D eigenvalue weighted by molar-refractivity contribution is -0.138. The number of imidazole rings is 3. The number of aliphatic hydroxyl groups is 2. The maximum absolute atomic E-state index is 11.4. The molecule has 0 aliphatic heterocycles. The van der Waals surface area contributed by atoms with Gasteiger partial charge in [-0.05, 0) is 153 Å². The largest absolute Gasteiger partial charge is 0.463 e. The molecule has 0 unspecified atom stereocenters. The van der Waals surface area contributed by atoms with Gasteiger partial charge < -0.3 is 74.0 Å². The summed E-state index contributed by atoms with van der Waals surface area (Å²) in [5.41, 5.74) is 16.1. The number of carbonyl (C=O) groups is 3. The Morgan fingerprint density at radius 1 is 0.385 bits per heavy atom. The van der Waals surface area contributed by atoms with Gasteiger partial charge in [-0.25, -0.2) is 35.2 Å². The molecule has 0 amide bonds. The maximum Gasteiger partial charge on any atom is 0.330 e. The van der Waals surface area contributed by atoms with E-state index in [4.69, 9.17) is 34.4 Å². The van der Waals surface area contributed by atoms with Crippen LogP contribution in [0.1, 0.15) is 181 Å². The van der Waals surface area contributed by atoms with Gasteiger partial charge in [-0.2, -0.15) is 0 Å². The zero-order valence-electron chi connectivity index (χ0n) is 66.8. The summed E-state index contributed by atoms with van der Waals surface area (Å²) in [5, 5.41) is 35.5. The summed E-state index contributed by atoms with van der Waals surface area (Å²) in [6, 6.07) is 43.5. The number of aryl methyl sites for hydroxylation is 3. The summed E-state index contributed by atoms with van der Waals surface area (Å²) in [4.78, 5) is 55.7. The van der Waals surface area contributed by atoms with Gasteiger partial charge in [0.1, 0.15) is 17.5 Å². The third-order valence-corrected chi connectivity index (χ3v) is 16.6. The lowest BCUT2D eigenvalue weighted by Gasteiger charge is -2.23. The second-order valence-corrected chi connectivity index (χ2v) is 24.0. The van der Waals surface area contributed by atoms with Gasteiger partial charge in [-0.3, -0.25) is 0 Å². The highest BCUT2D eigenvalue weighted by Gasteiger charge is 2.16. The third-order valence-electron chi connectivity index (χ3n) is 16.6. The van der Waals surface area contributed by atoms with Crippen molar-refractivity contribution >= 4 is 86.3 Å². The van der Waals surface area contributed by atoms with Crippen LogP contribution in [0.5, 0.6) is 0 Å². The molecule has 600 valence electrons. The fourth-order valence-electron chi connectivity index (χ4n) is 11.5. The van der Waals surface area contributed by atoms with E-state index in [1.807, 2.05) is 120 Å². The van der Waals surface area contributed by atoms with E-state index >= 15 is 0 Å². The van der Waals surface area contributed by atoms with E-state index in [9.17, 15) is 24.6 Å². The topological polar surface area (TPSA) is 265 Å². The first-order valence-corrected chi connectivity index (χ1v) is 38.2. The number of anilines is 3. The average Bonchev–Trinajstić information content (AvgIpc) is 1.66. The summed E-state index contributed by atoms with van der Waals surface area (Å²) < 4.78 is 21.1. The van der Waals surface area contributed by atoms with Crippen molar-refractivity contribution in [3.8, 4) is 0 Å². The van der Waals surface area contributed by atoms with Gasteiger partial charge in [0.15, 0.2) is 0 Å². The molecular weight excluding hydrogens is 1370 g/mol. The summed E-state index contributed by atoms with van der Waals surface area (Å²) in [5.74, 6) is 5.49. The van der Waals surface area contributed by atoms with E-state index < -0.39 is 0 Å². The summed E-state index contributed by atoms with van der Waals surface area (Å²) in [6.07, 6.45) is 14.2. The lowest BCUT2D eigenvalue weighted by atomic mass is 10.1. The number of rotatable bonds is 36. The van der Waals surface area contributed by atoms with Crippen molar-refractivity contribution in [3.63, 3.8) is 0 Å². The minimum absolute atomic E-state index is 0. The first-order chi connectivity index (χ1) is 52.1. The Kier molecular flexibility index (Phi) is 50.7. The monoisotopic (exact) mass is 1500 g/mol. The summed E-state index contributed by atoms with van der Waals surface area (Å²) in [6.45, 7) is 36.8. The number of ether oxygens (including phenoxy) is 3. The van der Waals surface area contributed by atoms with Crippen LogP contribution in [-0.2, 0) is 89.0 Å². The second-order valence-electron chi connectivity index (χ2n) is 24.0. The standard InChI is InChI=1S/2C27H36N4O2.C25H32N4O4.3C2H6.2CH4.H3NO/c2*1-5-16-31(17-6-2)23-13-14-25-24(18-23)29-26(30(25)4)20-28-19-22-10-8-21(9-11-22)12-15-27(32)33-7-3;1-3-33-25(32)11-8-19-4-6-20(7-5-19)17-26-18-24-27-22-16-21(9-10-23(22)28(24)2)29(12-14-30)13-15-31;3*1-2;;;1-2/h2*8-15,18,28H,5-7,16-17,19-20H2,1-4H3;4-11,16,26,30-31H,3,12-15,17-18H2,1-2H3;3*1-2H3;2*1H4;2H,1H2/b2*15-12+;11-8+;;;;;;. The quantitative estimate of drug-likeness (QED) is 0.00833. The molecule has 109 heavy (non-hydrogen) atoms. The van der Waals surface area contributed by atoms with Gasteiger partial charge in [-0.15, -0.1) is 0 Å². The van der Waals surface area contributed by atoms with Crippen molar-refractivity contribution in [2.75, 3.05) is 87.0 Å². The zero-order valence-corrected chi connectivity index (χ0v) is 66.8. The molecule has 0 atom stereocenters. The number of aromatic nitrogens is 6. The number of esters is 3. The number of carbonyl (C=O) groups excluding carboxylic acids is 3. The van der Waals surface area contributed by atoms with Crippen LogP contribution in [0.15, 0.2) is 146 Å². The van der Waals surface area contributed by atoms with Crippen LogP contribution in [0.25, 0.3) is 51.3 Å². The van der Waals surface area contributed by atoms with Crippen molar-refractivity contribution in [3.05, 3.63) is 196 Å². The molecule has 0 spiro atoms. The Morgan fingerprint density at radius 3 is 0.844 bits per heavy atom. The number of hydrogen-bond acceptors (Lipinski definition) is 19. The normalized spacial score (nSPS) is 10.6. The van der Waals surface area contributed by atoms with Crippen LogP contribution in [-0.4, -0.2) is 134 Å². The molecule has 0 saturated heterocycles. The highest BCUT2D eigenvalue weighted by atomic mass is 16.5. The molecule has 0 aliphatic carbocycles. The predicted molar refractivity (Wildman–Crippen MR) is 456 cm³/mol. The van der Waals surface area contributed by atoms with Gasteiger partial charge in [0.25, 0.3) is 0 Å². The Balaban J connectivity index is 0.000000773. The predicted octanol–water partition coefficient (Wildman–Crippen LogP) is 16.0. The number of nitrogens with zero attached hydrogens (tertiary/aromatic N) is 9. The molecule has 0 saturated carbocycles. The number of benzene rings is 6. The Bertz CT molecular complexity index is 3620.